The second-order valence-electron chi connectivity index (χ2n) is 5.02. The summed E-state index contributed by atoms with van der Waals surface area (Å²) >= 11 is 5.98. The third kappa shape index (κ3) is 2.65. The molecule has 0 bridgehead atoms. The lowest BCUT2D eigenvalue weighted by Crippen LogP contribution is -2.31. The number of nitrogens with one attached hydrogen (secondary N) is 1. The van der Waals surface area contributed by atoms with Gasteiger partial charge in [0.2, 0.25) is 5.28 Å². The third-order valence-corrected chi connectivity index (χ3v) is 3.92. The summed E-state index contributed by atoms with van der Waals surface area (Å²) in [6, 6.07) is 8.50. The number of anilines is 1. The first kappa shape index (κ1) is 12.6. The summed E-state index contributed by atoms with van der Waals surface area (Å²) in [5.74, 6) is 0.830. The van der Waals surface area contributed by atoms with E-state index in [0.717, 1.165) is 23.3 Å². The van der Waals surface area contributed by atoms with Crippen LogP contribution in [0.5, 0.6) is 0 Å². The zero-order valence-corrected chi connectivity index (χ0v) is 11.7. The number of para-hydroxylation sites is 1. The summed E-state index contributed by atoms with van der Waals surface area (Å²) in [6.45, 7) is 2.07. The maximum Gasteiger partial charge on any atom is 0.224 e. The molecule has 1 fully saturated rings. The Bertz CT molecular complexity index is 587. The van der Waals surface area contributed by atoms with Crippen molar-refractivity contribution in [3.63, 3.8) is 0 Å². The van der Waals surface area contributed by atoms with Crippen LogP contribution in [0.4, 0.5) is 5.82 Å². The molecule has 1 saturated heterocycles. The fraction of sp³-hybridized carbons (Fsp3) is 0.429. The molecule has 0 spiro atoms. The molecule has 100 valence electrons. The van der Waals surface area contributed by atoms with Gasteiger partial charge in [-0.3, -0.25) is 0 Å². The highest BCUT2D eigenvalue weighted by atomic mass is 35.5. The van der Waals surface area contributed by atoms with Gasteiger partial charge in [0.15, 0.2) is 0 Å². The third-order valence-electron chi connectivity index (χ3n) is 3.75. The quantitative estimate of drug-likeness (QED) is 0.876. The molecule has 2 aromatic rings. The summed E-state index contributed by atoms with van der Waals surface area (Å²) in [4.78, 5) is 10.9. The van der Waals surface area contributed by atoms with Crippen molar-refractivity contribution >= 4 is 28.3 Å². The molecule has 1 N–H and O–H groups in total. The molecule has 1 unspecified atom stereocenters. The molecule has 2 heterocycles. The van der Waals surface area contributed by atoms with Crippen molar-refractivity contribution in [3.05, 3.63) is 29.5 Å². The van der Waals surface area contributed by atoms with Gasteiger partial charge in [-0.15, -0.1) is 0 Å². The highest BCUT2D eigenvalue weighted by Gasteiger charge is 2.20. The second kappa shape index (κ2) is 5.31. The summed E-state index contributed by atoms with van der Waals surface area (Å²) in [5.41, 5.74) is 0.879. The summed E-state index contributed by atoms with van der Waals surface area (Å²) in [5, 5.41) is 4.74. The van der Waals surface area contributed by atoms with E-state index in [-0.39, 0.29) is 0 Å². The monoisotopic (exact) mass is 276 g/mol. The first-order valence-electron chi connectivity index (χ1n) is 6.60. The minimum Gasteiger partial charge on any atom is -0.368 e. The number of likely N-dealkylation sites (N-methyl/N-ethyl adjacent to an activating group) is 1. The van der Waals surface area contributed by atoms with Crippen LogP contribution >= 0.6 is 11.6 Å². The van der Waals surface area contributed by atoms with Gasteiger partial charge in [-0.25, -0.2) is 9.97 Å². The number of nitrogens with zero attached hydrogens (tertiary/aromatic N) is 3. The zero-order chi connectivity index (χ0) is 13.2. The Balaban J connectivity index is 1.84. The number of hydrogen-bond acceptors (Lipinski definition) is 4. The van der Waals surface area contributed by atoms with Crippen LogP contribution in [-0.4, -0.2) is 41.0 Å². The van der Waals surface area contributed by atoms with Gasteiger partial charge in [0.25, 0.3) is 0 Å². The lowest BCUT2D eigenvalue weighted by atomic mass is 10.2. The van der Waals surface area contributed by atoms with Crippen LogP contribution < -0.4 is 5.32 Å². The molecule has 4 nitrogen and oxygen atoms in total. The molecule has 3 rings (SSSR count). The number of aromatic nitrogens is 2. The smallest absolute Gasteiger partial charge is 0.224 e. The minimum atomic E-state index is 0.293. The van der Waals surface area contributed by atoms with Crippen molar-refractivity contribution < 1.29 is 0 Å². The Morgan fingerprint density at radius 2 is 2.21 bits per heavy atom. The molecule has 0 saturated carbocycles. The van der Waals surface area contributed by atoms with Gasteiger partial charge in [0, 0.05) is 18.0 Å². The molecular weight excluding hydrogens is 260 g/mol. The molecule has 1 atom stereocenters. The first-order chi connectivity index (χ1) is 9.24. The van der Waals surface area contributed by atoms with Crippen molar-refractivity contribution in [2.45, 2.75) is 18.9 Å². The largest absolute Gasteiger partial charge is 0.368 e. The standard InChI is InChI=1S/C14H17ClN4/c1-19-8-4-5-10(19)9-16-13-11-6-2-3-7-12(11)17-14(15)18-13/h2-3,6-7,10H,4-5,8-9H2,1H3,(H,16,17,18). The Hall–Kier alpha value is -1.39. The predicted molar refractivity (Wildman–Crippen MR) is 78.7 cm³/mol. The zero-order valence-electron chi connectivity index (χ0n) is 10.9. The number of hydrogen-bond donors (Lipinski definition) is 1. The summed E-state index contributed by atoms with van der Waals surface area (Å²) in [6.07, 6.45) is 2.51. The molecule has 1 aliphatic rings. The normalized spacial score (nSPS) is 20.0. The Labute approximate surface area is 117 Å². The second-order valence-corrected chi connectivity index (χ2v) is 5.35. The molecule has 1 aromatic carbocycles. The molecule has 5 heteroatoms. The van der Waals surface area contributed by atoms with E-state index < -0.39 is 0 Å². The number of benzene rings is 1. The Morgan fingerprint density at radius 1 is 1.37 bits per heavy atom. The predicted octanol–water partition coefficient (Wildman–Crippen LogP) is 2.79. The lowest BCUT2D eigenvalue weighted by molar-refractivity contribution is 0.322. The van der Waals surface area contributed by atoms with E-state index in [2.05, 4.69) is 27.2 Å². The highest BCUT2D eigenvalue weighted by Crippen LogP contribution is 2.23. The van der Waals surface area contributed by atoms with E-state index in [1.54, 1.807) is 0 Å². The van der Waals surface area contributed by atoms with Crippen LogP contribution in [0.15, 0.2) is 24.3 Å². The summed E-state index contributed by atoms with van der Waals surface area (Å²) < 4.78 is 0. The van der Waals surface area contributed by atoms with Crippen LogP contribution in [0, 0.1) is 0 Å². The first-order valence-corrected chi connectivity index (χ1v) is 6.98. The van der Waals surface area contributed by atoms with Crippen LogP contribution in [0.1, 0.15) is 12.8 Å². The van der Waals surface area contributed by atoms with Gasteiger partial charge in [-0.05, 0) is 50.2 Å². The fourth-order valence-corrected chi connectivity index (χ4v) is 2.81. The lowest BCUT2D eigenvalue weighted by Gasteiger charge is -2.20. The van der Waals surface area contributed by atoms with E-state index in [9.17, 15) is 0 Å². The number of rotatable bonds is 3. The fourth-order valence-electron chi connectivity index (χ4n) is 2.63. The molecule has 0 aliphatic carbocycles. The molecule has 19 heavy (non-hydrogen) atoms. The maximum absolute atomic E-state index is 5.98. The average molecular weight is 277 g/mol. The van der Waals surface area contributed by atoms with E-state index in [1.165, 1.54) is 19.4 Å². The van der Waals surface area contributed by atoms with Gasteiger partial charge in [-0.2, -0.15) is 0 Å². The van der Waals surface area contributed by atoms with Gasteiger partial charge in [0.1, 0.15) is 5.82 Å². The van der Waals surface area contributed by atoms with Gasteiger partial charge in [0.05, 0.1) is 5.52 Å². The van der Waals surface area contributed by atoms with E-state index in [0.29, 0.717) is 11.3 Å². The van der Waals surface area contributed by atoms with Gasteiger partial charge < -0.3 is 10.2 Å². The van der Waals surface area contributed by atoms with Crippen molar-refractivity contribution in [2.24, 2.45) is 0 Å². The maximum atomic E-state index is 5.98. The van der Waals surface area contributed by atoms with Crippen LogP contribution in [-0.2, 0) is 0 Å². The van der Waals surface area contributed by atoms with Crippen LogP contribution in [0.25, 0.3) is 10.9 Å². The van der Waals surface area contributed by atoms with Crippen molar-refractivity contribution in [2.75, 3.05) is 25.5 Å². The molecule has 1 aromatic heterocycles. The number of fused-ring (bicyclic) bond motifs is 1. The summed E-state index contributed by atoms with van der Waals surface area (Å²) in [7, 11) is 2.17. The highest BCUT2D eigenvalue weighted by molar-refractivity contribution is 6.28. The van der Waals surface area contributed by atoms with Crippen molar-refractivity contribution in [1.29, 1.82) is 0 Å². The molecule has 0 radical (unpaired) electrons. The van der Waals surface area contributed by atoms with Crippen molar-refractivity contribution in [1.82, 2.24) is 14.9 Å². The van der Waals surface area contributed by atoms with Crippen molar-refractivity contribution in [3.8, 4) is 0 Å². The van der Waals surface area contributed by atoms with Crippen LogP contribution in [0.2, 0.25) is 5.28 Å². The van der Waals surface area contributed by atoms with Crippen LogP contribution in [0.3, 0.4) is 0 Å². The van der Waals surface area contributed by atoms with E-state index >= 15 is 0 Å². The Morgan fingerprint density at radius 3 is 3.00 bits per heavy atom. The SMILES string of the molecule is CN1CCCC1CNc1nc(Cl)nc2ccccc12. The number of likely N-dealkylation sites (tertiary alicyclic amines) is 1. The van der Waals surface area contributed by atoms with Gasteiger partial charge in [-0.1, -0.05) is 12.1 Å². The molecular formula is C14H17ClN4. The average Bonchev–Trinajstić information content (AvgIpc) is 2.81. The Kier molecular flexibility index (Phi) is 3.53. The van der Waals surface area contributed by atoms with E-state index in [4.69, 9.17) is 11.6 Å². The molecule has 1 aliphatic heterocycles. The number of halogens is 1. The van der Waals surface area contributed by atoms with Gasteiger partial charge >= 0.3 is 0 Å². The minimum absolute atomic E-state index is 0.293. The topological polar surface area (TPSA) is 41.0 Å². The van der Waals surface area contributed by atoms with E-state index in [1.807, 2.05) is 24.3 Å². The molecule has 0 amide bonds.